The zero-order valence-electron chi connectivity index (χ0n) is 16.0. The highest BCUT2D eigenvalue weighted by Gasteiger charge is 2.44. The van der Waals surface area contributed by atoms with Crippen molar-refractivity contribution >= 4 is 10.0 Å². The molecule has 0 aromatic rings. The number of epoxide rings is 2. The topological polar surface area (TPSA) is 43.5 Å². The Labute approximate surface area is 155 Å². The SMILES string of the molecule is CC(CCC1CCC2OC2C1)O[SiH2]OC(C)CCC1CCC2OC2C1. The zero-order valence-corrected chi connectivity index (χ0v) is 17.4. The summed E-state index contributed by atoms with van der Waals surface area (Å²) in [7, 11) is -0.835. The van der Waals surface area contributed by atoms with E-state index in [0.29, 0.717) is 36.6 Å². The van der Waals surface area contributed by atoms with Gasteiger partial charge in [0.2, 0.25) is 0 Å². The summed E-state index contributed by atoms with van der Waals surface area (Å²) >= 11 is 0. The van der Waals surface area contributed by atoms with Crippen molar-refractivity contribution < 1.29 is 18.3 Å². The van der Waals surface area contributed by atoms with Crippen molar-refractivity contribution in [3.05, 3.63) is 0 Å². The average Bonchev–Trinajstić information content (AvgIpc) is 3.51. The van der Waals surface area contributed by atoms with Crippen LogP contribution in [0.1, 0.15) is 78.1 Å². The van der Waals surface area contributed by atoms with E-state index < -0.39 is 10.0 Å². The fourth-order valence-corrected chi connectivity index (χ4v) is 5.75. The molecule has 0 bridgehead atoms. The van der Waals surface area contributed by atoms with Crippen LogP contribution in [0.5, 0.6) is 0 Å². The zero-order chi connectivity index (χ0) is 17.2. The highest BCUT2D eigenvalue weighted by atomic mass is 28.3. The molecule has 144 valence electrons. The highest BCUT2D eigenvalue weighted by molar-refractivity contribution is 6.18. The fourth-order valence-electron chi connectivity index (χ4n) is 4.88. The first-order valence-electron chi connectivity index (χ1n) is 10.7. The average molecular weight is 369 g/mol. The molecule has 0 aromatic heterocycles. The monoisotopic (exact) mass is 368 g/mol. The van der Waals surface area contributed by atoms with Crippen molar-refractivity contribution in [2.24, 2.45) is 11.8 Å². The van der Waals surface area contributed by atoms with Crippen LogP contribution in [-0.2, 0) is 18.3 Å². The van der Waals surface area contributed by atoms with E-state index >= 15 is 0 Å². The van der Waals surface area contributed by atoms with E-state index in [0.717, 1.165) is 11.8 Å². The van der Waals surface area contributed by atoms with Gasteiger partial charge in [-0.3, -0.25) is 0 Å². The maximum Gasteiger partial charge on any atom is 0.304 e. The molecule has 0 amide bonds. The lowest BCUT2D eigenvalue weighted by Gasteiger charge is -2.23. The van der Waals surface area contributed by atoms with Crippen LogP contribution in [0.3, 0.4) is 0 Å². The maximum atomic E-state index is 6.02. The Kier molecular flexibility index (Phi) is 6.18. The van der Waals surface area contributed by atoms with Crippen molar-refractivity contribution in [3.63, 3.8) is 0 Å². The highest BCUT2D eigenvalue weighted by Crippen LogP contribution is 2.42. The maximum absolute atomic E-state index is 6.02. The van der Waals surface area contributed by atoms with Gasteiger partial charge in [-0.15, -0.1) is 0 Å². The quantitative estimate of drug-likeness (QED) is 0.437. The second-order valence-electron chi connectivity index (χ2n) is 9.01. The van der Waals surface area contributed by atoms with E-state index in [1.54, 1.807) is 0 Å². The van der Waals surface area contributed by atoms with Gasteiger partial charge in [-0.05, 0) is 89.9 Å². The first-order chi connectivity index (χ1) is 12.2. The summed E-state index contributed by atoms with van der Waals surface area (Å²) in [5.74, 6) is 1.73. The third-order valence-corrected chi connectivity index (χ3v) is 8.30. The lowest BCUT2D eigenvalue weighted by Crippen LogP contribution is -2.22. The van der Waals surface area contributed by atoms with Crippen LogP contribution in [-0.4, -0.2) is 46.6 Å². The predicted molar refractivity (Wildman–Crippen MR) is 100 cm³/mol. The third kappa shape index (κ3) is 5.52. The van der Waals surface area contributed by atoms with Crippen molar-refractivity contribution in [2.45, 2.75) is 115 Å². The standard InChI is InChI=1S/C20H36O4Si/c1-13(3-5-15-7-9-17-19(11-15)21-17)23-25-24-14(2)4-6-16-8-10-18-20(12-16)22-18/h13-20H,3-12,25H2,1-2H3. The van der Waals surface area contributed by atoms with Crippen LogP contribution in [0.2, 0.25) is 0 Å². The van der Waals surface area contributed by atoms with E-state index in [1.165, 1.54) is 64.2 Å². The summed E-state index contributed by atoms with van der Waals surface area (Å²) < 4.78 is 23.3. The number of fused-ring (bicyclic) bond motifs is 2. The van der Waals surface area contributed by atoms with Crippen LogP contribution in [0, 0.1) is 11.8 Å². The van der Waals surface area contributed by atoms with Gasteiger partial charge in [0.05, 0.1) is 24.4 Å². The van der Waals surface area contributed by atoms with Gasteiger partial charge in [0.1, 0.15) is 0 Å². The van der Waals surface area contributed by atoms with Crippen molar-refractivity contribution in [1.29, 1.82) is 0 Å². The van der Waals surface area contributed by atoms with E-state index in [9.17, 15) is 0 Å². The van der Waals surface area contributed by atoms with Crippen molar-refractivity contribution in [3.8, 4) is 0 Å². The van der Waals surface area contributed by atoms with Gasteiger partial charge in [0, 0.05) is 12.2 Å². The van der Waals surface area contributed by atoms with Gasteiger partial charge < -0.3 is 18.3 Å². The summed E-state index contributed by atoms with van der Waals surface area (Å²) in [6.07, 6.45) is 16.0. The van der Waals surface area contributed by atoms with Crippen LogP contribution in [0.15, 0.2) is 0 Å². The second-order valence-corrected chi connectivity index (χ2v) is 9.91. The molecule has 4 nitrogen and oxygen atoms in total. The van der Waals surface area contributed by atoms with E-state index in [-0.39, 0.29) is 0 Å². The van der Waals surface area contributed by atoms with E-state index in [4.69, 9.17) is 18.3 Å². The molecule has 4 aliphatic rings. The Hall–Kier alpha value is 0.0569. The fraction of sp³-hybridized carbons (Fsp3) is 1.00. The smallest absolute Gasteiger partial charge is 0.304 e. The summed E-state index contributed by atoms with van der Waals surface area (Å²) in [5.41, 5.74) is 0. The summed E-state index contributed by atoms with van der Waals surface area (Å²) in [4.78, 5) is 0. The van der Waals surface area contributed by atoms with Crippen LogP contribution < -0.4 is 0 Å². The third-order valence-electron chi connectivity index (χ3n) is 6.89. The minimum Gasteiger partial charge on any atom is -0.396 e. The molecule has 8 unspecified atom stereocenters. The Morgan fingerprint density at radius 1 is 0.760 bits per heavy atom. The molecule has 2 saturated heterocycles. The molecular weight excluding hydrogens is 332 g/mol. The molecule has 2 heterocycles. The molecule has 2 aliphatic carbocycles. The lowest BCUT2D eigenvalue weighted by atomic mass is 9.85. The molecule has 0 aromatic carbocycles. The van der Waals surface area contributed by atoms with Gasteiger partial charge in [0.25, 0.3) is 0 Å². The van der Waals surface area contributed by atoms with Crippen molar-refractivity contribution in [1.82, 2.24) is 0 Å². The first kappa shape index (κ1) is 18.4. The van der Waals surface area contributed by atoms with Crippen LogP contribution in [0.25, 0.3) is 0 Å². The van der Waals surface area contributed by atoms with Crippen molar-refractivity contribution in [2.75, 3.05) is 0 Å². The van der Waals surface area contributed by atoms with Gasteiger partial charge in [-0.25, -0.2) is 0 Å². The summed E-state index contributed by atoms with van der Waals surface area (Å²) in [6.45, 7) is 4.43. The Morgan fingerprint density at radius 3 is 1.68 bits per heavy atom. The first-order valence-corrected chi connectivity index (χ1v) is 11.9. The molecule has 0 N–H and O–H groups in total. The van der Waals surface area contributed by atoms with Gasteiger partial charge >= 0.3 is 10.0 Å². The Balaban J connectivity index is 1.01. The van der Waals surface area contributed by atoms with Crippen LogP contribution >= 0.6 is 0 Å². The minimum atomic E-state index is -0.835. The Bertz CT molecular complexity index is 396. The number of hydrogen-bond donors (Lipinski definition) is 0. The summed E-state index contributed by atoms with van der Waals surface area (Å²) in [6, 6.07) is 0. The molecule has 0 radical (unpaired) electrons. The van der Waals surface area contributed by atoms with Crippen LogP contribution in [0.4, 0.5) is 0 Å². The van der Waals surface area contributed by atoms with Gasteiger partial charge in [0.15, 0.2) is 0 Å². The molecule has 25 heavy (non-hydrogen) atoms. The number of ether oxygens (including phenoxy) is 2. The van der Waals surface area contributed by atoms with E-state index in [1.807, 2.05) is 0 Å². The minimum absolute atomic E-state index is 0.360. The molecule has 4 rings (SSSR count). The molecule has 2 aliphatic heterocycles. The largest absolute Gasteiger partial charge is 0.396 e. The van der Waals surface area contributed by atoms with Gasteiger partial charge in [-0.1, -0.05) is 0 Å². The molecular formula is C20H36O4Si. The molecule has 8 atom stereocenters. The molecule has 2 saturated carbocycles. The summed E-state index contributed by atoms with van der Waals surface area (Å²) in [5, 5.41) is 0. The normalized spacial score (nSPS) is 42.0. The molecule has 0 spiro atoms. The molecule has 4 fully saturated rings. The lowest BCUT2D eigenvalue weighted by molar-refractivity contribution is 0.116. The Morgan fingerprint density at radius 2 is 1.24 bits per heavy atom. The second kappa shape index (κ2) is 8.38. The molecule has 5 heteroatoms. The van der Waals surface area contributed by atoms with Gasteiger partial charge in [-0.2, -0.15) is 0 Å². The predicted octanol–water partition coefficient (Wildman–Crippen LogP) is 3.49. The van der Waals surface area contributed by atoms with E-state index in [2.05, 4.69) is 13.8 Å². The number of rotatable bonds is 10. The number of hydrogen-bond acceptors (Lipinski definition) is 4.